The molecule has 88 valence electrons. The van der Waals surface area contributed by atoms with Crippen LogP contribution in [0.3, 0.4) is 0 Å². The molecule has 0 saturated carbocycles. The van der Waals surface area contributed by atoms with E-state index in [1.807, 2.05) is 36.4 Å². The second-order valence-electron chi connectivity index (χ2n) is 3.75. The van der Waals surface area contributed by atoms with Crippen LogP contribution in [0.15, 0.2) is 47.1 Å². The fraction of sp³-hybridized carbons (Fsp3) is 0.154. The van der Waals surface area contributed by atoms with Crippen molar-refractivity contribution in [3.63, 3.8) is 0 Å². The van der Waals surface area contributed by atoms with Crippen LogP contribution in [0.1, 0.15) is 11.3 Å². The van der Waals surface area contributed by atoms with Crippen molar-refractivity contribution in [1.29, 1.82) is 0 Å². The van der Waals surface area contributed by atoms with E-state index in [2.05, 4.69) is 17.6 Å². The Morgan fingerprint density at radius 2 is 2.00 bits per heavy atom. The highest BCUT2D eigenvalue weighted by atomic mass is 32.1. The molecule has 0 radical (unpaired) electrons. The minimum absolute atomic E-state index is 0.588. The van der Waals surface area contributed by atoms with Crippen LogP contribution in [-0.4, -0.2) is 5.11 Å². The molecule has 0 unspecified atom stereocenters. The van der Waals surface area contributed by atoms with Crippen molar-refractivity contribution in [2.75, 3.05) is 5.32 Å². The first-order valence-corrected chi connectivity index (χ1v) is 5.79. The molecule has 1 aromatic heterocycles. The fourth-order valence-corrected chi connectivity index (χ4v) is 1.58. The molecule has 0 aliphatic carbocycles. The van der Waals surface area contributed by atoms with Crippen LogP contribution in [0.2, 0.25) is 0 Å². The molecular formula is C13H14N2OS. The number of benzene rings is 1. The Morgan fingerprint density at radius 3 is 2.65 bits per heavy atom. The number of rotatable bonds is 3. The maximum Gasteiger partial charge on any atom is 0.171 e. The van der Waals surface area contributed by atoms with Gasteiger partial charge in [0.2, 0.25) is 0 Å². The highest BCUT2D eigenvalue weighted by molar-refractivity contribution is 7.80. The standard InChI is InChI=1S/C13H14N2OS/c1-10-4-6-11(7-5-10)15-13(17)14-9-12-3-2-8-16-12/h2-8H,9H2,1H3,(H2,14,15,17). The molecule has 0 amide bonds. The topological polar surface area (TPSA) is 37.2 Å². The van der Waals surface area contributed by atoms with Crippen LogP contribution in [0.4, 0.5) is 5.69 Å². The van der Waals surface area contributed by atoms with Gasteiger partial charge in [-0.2, -0.15) is 0 Å². The lowest BCUT2D eigenvalue weighted by Crippen LogP contribution is -2.27. The molecule has 0 saturated heterocycles. The minimum atomic E-state index is 0.588. The highest BCUT2D eigenvalue weighted by Gasteiger charge is 1.99. The predicted molar refractivity (Wildman–Crippen MR) is 72.9 cm³/mol. The largest absolute Gasteiger partial charge is 0.467 e. The van der Waals surface area contributed by atoms with Crippen LogP contribution < -0.4 is 10.6 Å². The zero-order valence-corrected chi connectivity index (χ0v) is 10.4. The molecule has 0 fully saturated rings. The average molecular weight is 246 g/mol. The quantitative estimate of drug-likeness (QED) is 0.816. The predicted octanol–water partition coefficient (Wildman–Crippen LogP) is 3.07. The number of hydrogen-bond acceptors (Lipinski definition) is 2. The van der Waals surface area contributed by atoms with Crippen molar-refractivity contribution in [3.05, 3.63) is 54.0 Å². The Bertz CT molecular complexity index is 477. The van der Waals surface area contributed by atoms with Crippen molar-refractivity contribution in [2.24, 2.45) is 0 Å². The Labute approximate surface area is 106 Å². The second-order valence-corrected chi connectivity index (χ2v) is 4.16. The maximum atomic E-state index is 5.20. The van der Waals surface area contributed by atoms with Gasteiger partial charge in [0.05, 0.1) is 12.8 Å². The SMILES string of the molecule is Cc1ccc(NC(=S)NCc2ccco2)cc1. The summed E-state index contributed by atoms with van der Waals surface area (Å²) in [6.07, 6.45) is 1.65. The summed E-state index contributed by atoms with van der Waals surface area (Å²) < 4.78 is 5.20. The molecule has 0 atom stereocenters. The molecule has 3 nitrogen and oxygen atoms in total. The van der Waals surface area contributed by atoms with Gasteiger partial charge in [-0.25, -0.2) is 0 Å². The molecule has 0 aliphatic rings. The third-order valence-corrected chi connectivity index (χ3v) is 2.56. The average Bonchev–Trinajstić information content (AvgIpc) is 2.83. The molecule has 2 aromatic rings. The number of nitrogens with one attached hydrogen (secondary N) is 2. The Hall–Kier alpha value is -1.81. The van der Waals surface area contributed by atoms with Gasteiger partial charge in [0, 0.05) is 5.69 Å². The van der Waals surface area contributed by atoms with E-state index in [1.165, 1.54) is 5.56 Å². The summed E-state index contributed by atoms with van der Waals surface area (Å²) in [6.45, 7) is 2.64. The number of thiocarbonyl (C=S) groups is 1. The minimum Gasteiger partial charge on any atom is -0.467 e. The monoisotopic (exact) mass is 246 g/mol. The van der Waals surface area contributed by atoms with E-state index >= 15 is 0 Å². The van der Waals surface area contributed by atoms with Crippen molar-refractivity contribution >= 4 is 23.0 Å². The smallest absolute Gasteiger partial charge is 0.171 e. The van der Waals surface area contributed by atoms with Crippen LogP contribution in [0, 0.1) is 6.92 Å². The molecule has 1 heterocycles. The van der Waals surface area contributed by atoms with Gasteiger partial charge in [0.15, 0.2) is 5.11 Å². The first-order valence-electron chi connectivity index (χ1n) is 5.38. The van der Waals surface area contributed by atoms with E-state index in [-0.39, 0.29) is 0 Å². The number of aryl methyl sites for hydroxylation is 1. The van der Waals surface area contributed by atoms with Crippen molar-refractivity contribution in [1.82, 2.24) is 5.32 Å². The van der Waals surface area contributed by atoms with Crippen molar-refractivity contribution in [2.45, 2.75) is 13.5 Å². The maximum absolute atomic E-state index is 5.20. The van der Waals surface area contributed by atoms with E-state index < -0.39 is 0 Å². The van der Waals surface area contributed by atoms with Gasteiger partial charge in [-0.1, -0.05) is 17.7 Å². The first kappa shape index (κ1) is 11.7. The molecule has 0 aliphatic heterocycles. The van der Waals surface area contributed by atoms with Gasteiger partial charge >= 0.3 is 0 Å². The third kappa shape index (κ3) is 3.60. The van der Waals surface area contributed by atoms with Crippen LogP contribution in [0.25, 0.3) is 0 Å². The van der Waals surface area contributed by atoms with Gasteiger partial charge in [-0.3, -0.25) is 0 Å². The first-order chi connectivity index (χ1) is 8.24. The Morgan fingerprint density at radius 1 is 1.24 bits per heavy atom. The Kier molecular flexibility index (Phi) is 3.77. The van der Waals surface area contributed by atoms with Gasteiger partial charge in [0.1, 0.15) is 5.76 Å². The second kappa shape index (κ2) is 5.50. The highest BCUT2D eigenvalue weighted by Crippen LogP contribution is 2.08. The van der Waals surface area contributed by atoms with E-state index in [9.17, 15) is 0 Å². The molecule has 2 rings (SSSR count). The Balaban J connectivity index is 1.83. The molecule has 17 heavy (non-hydrogen) atoms. The zero-order valence-electron chi connectivity index (χ0n) is 9.57. The van der Waals surface area contributed by atoms with Gasteiger partial charge in [0.25, 0.3) is 0 Å². The van der Waals surface area contributed by atoms with Crippen molar-refractivity contribution in [3.8, 4) is 0 Å². The van der Waals surface area contributed by atoms with Crippen LogP contribution in [0.5, 0.6) is 0 Å². The van der Waals surface area contributed by atoms with Gasteiger partial charge in [-0.05, 0) is 43.4 Å². The van der Waals surface area contributed by atoms with Crippen LogP contribution >= 0.6 is 12.2 Å². The molecular weight excluding hydrogens is 232 g/mol. The zero-order chi connectivity index (χ0) is 12.1. The molecule has 0 spiro atoms. The summed E-state index contributed by atoms with van der Waals surface area (Å²) in [5.74, 6) is 0.859. The lowest BCUT2D eigenvalue weighted by Gasteiger charge is -2.09. The van der Waals surface area contributed by atoms with Gasteiger partial charge in [-0.15, -0.1) is 0 Å². The lowest BCUT2D eigenvalue weighted by molar-refractivity contribution is 0.503. The van der Waals surface area contributed by atoms with E-state index in [0.29, 0.717) is 11.7 Å². The molecule has 1 aromatic carbocycles. The summed E-state index contributed by atoms with van der Waals surface area (Å²) in [5.41, 5.74) is 2.21. The summed E-state index contributed by atoms with van der Waals surface area (Å²) in [6, 6.07) is 11.8. The molecule has 2 N–H and O–H groups in total. The van der Waals surface area contributed by atoms with Crippen molar-refractivity contribution < 1.29 is 4.42 Å². The third-order valence-electron chi connectivity index (χ3n) is 2.31. The van der Waals surface area contributed by atoms with E-state index in [1.54, 1.807) is 6.26 Å². The number of anilines is 1. The number of furan rings is 1. The van der Waals surface area contributed by atoms with E-state index in [0.717, 1.165) is 11.4 Å². The lowest BCUT2D eigenvalue weighted by atomic mass is 10.2. The summed E-state index contributed by atoms with van der Waals surface area (Å²) in [7, 11) is 0. The van der Waals surface area contributed by atoms with Crippen LogP contribution in [-0.2, 0) is 6.54 Å². The summed E-state index contributed by atoms with van der Waals surface area (Å²) >= 11 is 5.18. The fourth-order valence-electron chi connectivity index (χ4n) is 1.39. The summed E-state index contributed by atoms with van der Waals surface area (Å²) in [4.78, 5) is 0. The van der Waals surface area contributed by atoms with E-state index in [4.69, 9.17) is 16.6 Å². The summed E-state index contributed by atoms with van der Waals surface area (Å²) in [5, 5.41) is 6.77. The number of hydrogen-bond donors (Lipinski definition) is 2. The normalized spacial score (nSPS) is 9.94. The van der Waals surface area contributed by atoms with Gasteiger partial charge < -0.3 is 15.1 Å². The molecule has 4 heteroatoms. The molecule has 0 bridgehead atoms.